The highest BCUT2D eigenvalue weighted by atomic mass is 19.1. The molecule has 0 aromatic carbocycles. The number of hydrogen-bond acceptors (Lipinski definition) is 3. The molecule has 8 atom stereocenters. The molecule has 4 rings (SSSR count). The first-order valence-electron chi connectivity index (χ1n) is 10.5. The van der Waals surface area contributed by atoms with E-state index in [4.69, 9.17) is 0 Å². The van der Waals surface area contributed by atoms with Crippen LogP contribution in [0.25, 0.3) is 0 Å². The molecule has 0 radical (unpaired) electrons. The lowest BCUT2D eigenvalue weighted by atomic mass is 9.74. The number of carbonyl (C=O) groups excluding carboxylic acids is 2. The molecule has 4 aliphatic rings. The normalized spacial score (nSPS) is 45.8. The van der Waals surface area contributed by atoms with E-state index < -0.39 is 12.2 Å². The minimum absolute atomic E-state index is 0.0418. The number of hydrogen-bond donors (Lipinski definition) is 3. The smallest absolute Gasteiger partial charge is 0.242 e. The van der Waals surface area contributed by atoms with Gasteiger partial charge in [-0.15, -0.1) is 0 Å². The summed E-state index contributed by atoms with van der Waals surface area (Å²) in [5.74, 6) is 0.924. The fourth-order valence-corrected chi connectivity index (χ4v) is 5.95. The van der Waals surface area contributed by atoms with E-state index in [0.717, 1.165) is 32.1 Å². The Morgan fingerprint density at radius 3 is 2.73 bits per heavy atom. The van der Waals surface area contributed by atoms with Gasteiger partial charge in [-0.05, 0) is 49.9 Å². The molecule has 2 aliphatic heterocycles. The Labute approximate surface area is 155 Å². The van der Waals surface area contributed by atoms with Gasteiger partial charge in [-0.1, -0.05) is 26.2 Å². The summed E-state index contributed by atoms with van der Waals surface area (Å²) in [5.41, 5.74) is 0. The number of halogens is 1. The van der Waals surface area contributed by atoms with E-state index in [1.165, 1.54) is 6.42 Å². The molecule has 6 heteroatoms. The van der Waals surface area contributed by atoms with Crippen LogP contribution in [0.2, 0.25) is 0 Å². The molecular weight excluding hydrogens is 333 g/mol. The van der Waals surface area contributed by atoms with Crippen LogP contribution in [0.4, 0.5) is 4.39 Å². The summed E-state index contributed by atoms with van der Waals surface area (Å²) in [6.45, 7) is 2.85. The minimum atomic E-state index is -0.814. The van der Waals surface area contributed by atoms with E-state index in [1.807, 2.05) is 0 Å². The Hall–Kier alpha value is -1.17. The van der Waals surface area contributed by atoms with Crippen LogP contribution in [0.5, 0.6) is 0 Å². The van der Waals surface area contributed by atoms with E-state index >= 15 is 0 Å². The topological polar surface area (TPSA) is 70.2 Å². The fraction of sp³-hybridized carbons (Fsp3) is 0.900. The summed E-state index contributed by atoms with van der Waals surface area (Å²) in [4.78, 5) is 25.5. The van der Waals surface area contributed by atoms with Crippen LogP contribution < -0.4 is 16.0 Å². The lowest BCUT2D eigenvalue weighted by Gasteiger charge is -2.34. The van der Waals surface area contributed by atoms with Gasteiger partial charge in [0.2, 0.25) is 11.8 Å². The first kappa shape index (κ1) is 18.2. The van der Waals surface area contributed by atoms with Gasteiger partial charge in [-0.2, -0.15) is 0 Å². The average Bonchev–Trinajstić information content (AvgIpc) is 3.04. The predicted octanol–water partition coefficient (Wildman–Crippen LogP) is 1.91. The van der Waals surface area contributed by atoms with Crippen molar-refractivity contribution >= 4 is 11.8 Å². The number of rotatable bonds is 2. The summed E-state index contributed by atoms with van der Waals surface area (Å²) in [7, 11) is 0. The van der Waals surface area contributed by atoms with Gasteiger partial charge in [0.15, 0.2) is 0 Å². The zero-order valence-electron chi connectivity index (χ0n) is 15.7. The highest BCUT2D eigenvalue weighted by Crippen LogP contribution is 2.39. The van der Waals surface area contributed by atoms with Crippen LogP contribution in [-0.4, -0.2) is 42.7 Å². The number of fused-ring (bicyclic) bond motifs is 2. The van der Waals surface area contributed by atoms with Gasteiger partial charge in [-0.3, -0.25) is 9.59 Å². The summed E-state index contributed by atoms with van der Waals surface area (Å²) >= 11 is 0. The lowest BCUT2D eigenvalue weighted by Crippen LogP contribution is -2.55. The number of carbonyl (C=O) groups is 2. The minimum Gasteiger partial charge on any atom is -0.354 e. The molecule has 0 spiro atoms. The monoisotopic (exact) mass is 365 g/mol. The third-order valence-electron chi connectivity index (χ3n) is 7.45. The second-order valence-corrected chi connectivity index (χ2v) is 8.99. The van der Waals surface area contributed by atoms with Gasteiger partial charge in [0.05, 0.1) is 6.04 Å². The maximum absolute atomic E-state index is 14.3. The average molecular weight is 365 g/mol. The molecular formula is C20H32FN3O2. The van der Waals surface area contributed by atoms with Crippen LogP contribution in [0.15, 0.2) is 0 Å². The Balaban J connectivity index is 1.44. The molecule has 5 nitrogen and oxygen atoms in total. The summed E-state index contributed by atoms with van der Waals surface area (Å²) < 4.78 is 14.3. The number of nitrogens with one attached hydrogen (secondary N) is 3. The van der Waals surface area contributed by atoms with E-state index in [-0.39, 0.29) is 35.7 Å². The molecule has 8 unspecified atom stereocenters. The fourth-order valence-electron chi connectivity index (χ4n) is 5.95. The van der Waals surface area contributed by atoms with Crippen molar-refractivity contribution < 1.29 is 14.0 Å². The molecule has 0 aromatic rings. The van der Waals surface area contributed by atoms with Gasteiger partial charge in [0, 0.05) is 18.5 Å². The van der Waals surface area contributed by atoms with Gasteiger partial charge >= 0.3 is 0 Å². The van der Waals surface area contributed by atoms with Crippen LogP contribution in [0.1, 0.15) is 58.3 Å². The van der Waals surface area contributed by atoms with Gasteiger partial charge in [-0.25, -0.2) is 4.39 Å². The van der Waals surface area contributed by atoms with Crippen molar-refractivity contribution in [2.75, 3.05) is 6.54 Å². The Kier molecular flexibility index (Phi) is 5.22. The SMILES string of the molecule is CC1CCC(F)C2CC(C(=O)NC3C(=O)NCCC4CCCCC43)NC12. The third kappa shape index (κ3) is 3.37. The maximum Gasteiger partial charge on any atom is 0.242 e. The second-order valence-electron chi connectivity index (χ2n) is 8.99. The van der Waals surface area contributed by atoms with Crippen molar-refractivity contribution in [2.45, 2.75) is 82.6 Å². The van der Waals surface area contributed by atoms with Gasteiger partial charge < -0.3 is 16.0 Å². The van der Waals surface area contributed by atoms with Crippen LogP contribution in [0, 0.1) is 23.7 Å². The molecule has 0 bridgehead atoms. The molecule has 146 valence electrons. The van der Waals surface area contributed by atoms with E-state index in [1.54, 1.807) is 0 Å². The summed E-state index contributed by atoms with van der Waals surface area (Å²) in [6, 6.07) is -0.722. The molecule has 2 saturated heterocycles. The van der Waals surface area contributed by atoms with Crippen molar-refractivity contribution in [1.29, 1.82) is 0 Å². The molecule has 2 saturated carbocycles. The first-order valence-corrected chi connectivity index (χ1v) is 10.5. The van der Waals surface area contributed by atoms with Crippen LogP contribution in [-0.2, 0) is 9.59 Å². The quantitative estimate of drug-likeness (QED) is 0.700. The Morgan fingerprint density at radius 2 is 1.92 bits per heavy atom. The van der Waals surface area contributed by atoms with Crippen molar-refractivity contribution in [2.24, 2.45) is 23.7 Å². The molecule has 2 aliphatic carbocycles. The van der Waals surface area contributed by atoms with E-state index in [2.05, 4.69) is 22.9 Å². The van der Waals surface area contributed by atoms with Gasteiger partial charge in [0.25, 0.3) is 0 Å². The summed E-state index contributed by atoms with van der Waals surface area (Å²) in [5, 5.41) is 9.41. The second kappa shape index (κ2) is 7.45. The van der Waals surface area contributed by atoms with Crippen molar-refractivity contribution in [1.82, 2.24) is 16.0 Å². The standard InChI is InChI=1S/C20H32FN3O2/c1-11-6-7-15(21)14-10-16(23-17(11)14)19(25)24-18-13-5-3-2-4-12(13)8-9-22-20(18)26/h11-18,23H,2-10H2,1H3,(H,22,26)(H,24,25). The van der Waals surface area contributed by atoms with Crippen molar-refractivity contribution in [3.63, 3.8) is 0 Å². The largest absolute Gasteiger partial charge is 0.354 e. The van der Waals surface area contributed by atoms with Crippen LogP contribution in [0.3, 0.4) is 0 Å². The van der Waals surface area contributed by atoms with Crippen molar-refractivity contribution in [3.8, 4) is 0 Å². The van der Waals surface area contributed by atoms with E-state index in [0.29, 0.717) is 31.2 Å². The zero-order chi connectivity index (χ0) is 18.3. The molecule has 0 aromatic heterocycles. The van der Waals surface area contributed by atoms with Crippen LogP contribution >= 0.6 is 0 Å². The summed E-state index contributed by atoms with van der Waals surface area (Å²) in [6.07, 6.45) is 6.73. The molecule has 3 N–H and O–H groups in total. The predicted molar refractivity (Wildman–Crippen MR) is 97.1 cm³/mol. The maximum atomic E-state index is 14.3. The lowest BCUT2D eigenvalue weighted by molar-refractivity contribution is -0.131. The van der Waals surface area contributed by atoms with E-state index in [9.17, 15) is 14.0 Å². The van der Waals surface area contributed by atoms with Gasteiger partial charge in [0.1, 0.15) is 12.2 Å². The molecule has 4 fully saturated rings. The Morgan fingerprint density at radius 1 is 1.12 bits per heavy atom. The van der Waals surface area contributed by atoms with Crippen molar-refractivity contribution in [3.05, 3.63) is 0 Å². The molecule has 2 heterocycles. The third-order valence-corrected chi connectivity index (χ3v) is 7.45. The molecule has 2 amide bonds. The Bertz CT molecular complexity index is 539. The molecule has 26 heavy (non-hydrogen) atoms. The highest BCUT2D eigenvalue weighted by molar-refractivity contribution is 5.90. The highest BCUT2D eigenvalue weighted by Gasteiger charge is 2.47. The zero-order valence-corrected chi connectivity index (χ0v) is 15.7. The number of alkyl halides is 1. The first-order chi connectivity index (χ1) is 12.5. The number of amides is 2.